The number of aliphatic hydroxyl groups is 1. The first-order chi connectivity index (χ1) is 10.4. The summed E-state index contributed by atoms with van der Waals surface area (Å²) >= 11 is 5.58. The van der Waals surface area contributed by atoms with Gasteiger partial charge in [-0.1, -0.05) is 17.7 Å². The fourth-order valence-corrected chi connectivity index (χ4v) is 1.99. The summed E-state index contributed by atoms with van der Waals surface area (Å²) in [5.41, 5.74) is 0.834. The van der Waals surface area contributed by atoms with E-state index < -0.39 is 16.8 Å². The van der Waals surface area contributed by atoms with Crippen molar-refractivity contribution in [1.82, 2.24) is 4.98 Å². The number of nitro groups is 1. The molecule has 0 aliphatic heterocycles. The Morgan fingerprint density at radius 1 is 1.50 bits per heavy atom. The lowest BCUT2D eigenvalue weighted by Crippen LogP contribution is -2.14. The number of nitrogens with one attached hydrogen (secondary N) is 1. The van der Waals surface area contributed by atoms with E-state index in [1.165, 1.54) is 18.2 Å². The normalized spacial score (nSPS) is 12.0. The SMILES string of the molecule is Cc1cc([N+](=O)[O-])cnc1NCC(O)c1ccc(Cl)c(F)c1. The van der Waals surface area contributed by atoms with Crippen LogP contribution in [0.2, 0.25) is 5.02 Å². The molecule has 1 aromatic heterocycles. The molecule has 22 heavy (non-hydrogen) atoms. The van der Waals surface area contributed by atoms with Gasteiger partial charge < -0.3 is 10.4 Å². The molecular formula is C14H13ClFN3O3. The number of hydrogen-bond acceptors (Lipinski definition) is 5. The molecule has 0 saturated heterocycles. The number of aliphatic hydroxyl groups excluding tert-OH is 1. The lowest BCUT2D eigenvalue weighted by molar-refractivity contribution is -0.385. The predicted molar refractivity (Wildman–Crippen MR) is 80.5 cm³/mol. The number of aryl methyl sites for hydroxylation is 1. The largest absolute Gasteiger partial charge is 0.387 e. The number of pyridine rings is 1. The fourth-order valence-electron chi connectivity index (χ4n) is 1.88. The zero-order valence-corrected chi connectivity index (χ0v) is 12.3. The third-order valence-electron chi connectivity index (χ3n) is 3.07. The van der Waals surface area contributed by atoms with Crippen LogP contribution in [-0.4, -0.2) is 21.6 Å². The molecule has 1 atom stereocenters. The first kappa shape index (κ1) is 16.1. The van der Waals surface area contributed by atoms with Crippen molar-refractivity contribution in [2.45, 2.75) is 13.0 Å². The van der Waals surface area contributed by atoms with E-state index >= 15 is 0 Å². The number of halogens is 2. The van der Waals surface area contributed by atoms with Gasteiger partial charge in [-0.05, 0) is 30.2 Å². The van der Waals surface area contributed by atoms with Gasteiger partial charge in [0.25, 0.3) is 5.69 Å². The van der Waals surface area contributed by atoms with Gasteiger partial charge in [0.15, 0.2) is 0 Å². The fraction of sp³-hybridized carbons (Fsp3) is 0.214. The lowest BCUT2D eigenvalue weighted by Gasteiger charge is -2.14. The molecule has 1 unspecified atom stereocenters. The molecule has 8 heteroatoms. The molecule has 1 aromatic carbocycles. The van der Waals surface area contributed by atoms with Crippen molar-refractivity contribution >= 4 is 23.1 Å². The monoisotopic (exact) mass is 325 g/mol. The molecule has 2 N–H and O–H groups in total. The highest BCUT2D eigenvalue weighted by Crippen LogP contribution is 2.22. The Balaban J connectivity index is 2.06. The number of anilines is 1. The molecule has 0 bridgehead atoms. The average Bonchev–Trinajstić information content (AvgIpc) is 2.48. The van der Waals surface area contributed by atoms with E-state index in [9.17, 15) is 19.6 Å². The maximum absolute atomic E-state index is 13.3. The summed E-state index contributed by atoms with van der Waals surface area (Å²) < 4.78 is 13.3. The van der Waals surface area contributed by atoms with Crippen LogP contribution in [0.4, 0.5) is 15.9 Å². The van der Waals surface area contributed by atoms with E-state index in [1.54, 1.807) is 6.92 Å². The van der Waals surface area contributed by atoms with E-state index in [0.717, 1.165) is 12.3 Å². The molecule has 0 saturated carbocycles. The van der Waals surface area contributed by atoms with E-state index in [4.69, 9.17) is 11.6 Å². The van der Waals surface area contributed by atoms with Crippen molar-refractivity contribution in [3.8, 4) is 0 Å². The Kier molecular flexibility index (Phi) is 4.89. The first-order valence-electron chi connectivity index (χ1n) is 6.36. The summed E-state index contributed by atoms with van der Waals surface area (Å²) in [6.07, 6.45) is 0.159. The van der Waals surface area contributed by atoms with Gasteiger partial charge in [0.2, 0.25) is 0 Å². The topological polar surface area (TPSA) is 88.3 Å². The van der Waals surface area contributed by atoms with Gasteiger partial charge in [-0.2, -0.15) is 0 Å². The third kappa shape index (κ3) is 3.69. The van der Waals surface area contributed by atoms with Crippen LogP contribution in [0.1, 0.15) is 17.2 Å². The van der Waals surface area contributed by atoms with Crippen molar-refractivity contribution in [3.63, 3.8) is 0 Å². The Hall–Kier alpha value is -2.25. The van der Waals surface area contributed by atoms with Gasteiger partial charge in [-0.3, -0.25) is 10.1 Å². The van der Waals surface area contributed by atoms with Crippen molar-refractivity contribution < 1.29 is 14.4 Å². The highest BCUT2D eigenvalue weighted by molar-refractivity contribution is 6.30. The molecule has 0 aliphatic carbocycles. The van der Waals surface area contributed by atoms with Gasteiger partial charge in [-0.15, -0.1) is 0 Å². The van der Waals surface area contributed by atoms with Crippen molar-refractivity contribution in [3.05, 3.63) is 62.5 Å². The van der Waals surface area contributed by atoms with Crippen LogP contribution < -0.4 is 5.32 Å². The van der Waals surface area contributed by atoms with Gasteiger partial charge in [0.05, 0.1) is 16.0 Å². The quantitative estimate of drug-likeness (QED) is 0.651. The van der Waals surface area contributed by atoms with Gasteiger partial charge in [-0.25, -0.2) is 9.37 Å². The smallest absolute Gasteiger partial charge is 0.287 e. The zero-order chi connectivity index (χ0) is 16.3. The van der Waals surface area contributed by atoms with Crippen LogP contribution in [0, 0.1) is 22.9 Å². The molecule has 2 rings (SSSR count). The molecule has 0 aliphatic rings. The number of hydrogen-bond donors (Lipinski definition) is 2. The minimum atomic E-state index is -0.969. The molecule has 0 spiro atoms. The molecule has 116 valence electrons. The zero-order valence-electron chi connectivity index (χ0n) is 11.6. The van der Waals surface area contributed by atoms with Crippen molar-refractivity contribution in [1.29, 1.82) is 0 Å². The van der Waals surface area contributed by atoms with E-state index in [0.29, 0.717) is 16.9 Å². The summed E-state index contributed by atoms with van der Waals surface area (Å²) in [5.74, 6) is -0.193. The number of nitrogens with zero attached hydrogens (tertiary/aromatic N) is 2. The summed E-state index contributed by atoms with van der Waals surface area (Å²) in [5, 5.41) is 23.5. The summed E-state index contributed by atoms with van der Waals surface area (Å²) in [4.78, 5) is 14.0. The number of rotatable bonds is 5. The highest BCUT2D eigenvalue weighted by atomic mass is 35.5. The van der Waals surface area contributed by atoms with Gasteiger partial charge >= 0.3 is 0 Å². The third-order valence-corrected chi connectivity index (χ3v) is 3.37. The van der Waals surface area contributed by atoms with Crippen molar-refractivity contribution in [2.24, 2.45) is 0 Å². The molecule has 0 amide bonds. The second-order valence-corrected chi connectivity index (χ2v) is 5.09. The van der Waals surface area contributed by atoms with Gasteiger partial charge in [0, 0.05) is 12.6 Å². The van der Waals surface area contributed by atoms with Crippen LogP contribution in [0.15, 0.2) is 30.5 Å². The Labute approximate surface area is 130 Å². The molecule has 0 radical (unpaired) electrons. The maximum Gasteiger partial charge on any atom is 0.287 e. The Morgan fingerprint density at radius 3 is 2.82 bits per heavy atom. The lowest BCUT2D eigenvalue weighted by atomic mass is 10.1. The summed E-state index contributed by atoms with van der Waals surface area (Å²) in [6.45, 7) is 1.74. The molecule has 1 heterocycles. The van der Waals surface area contributed by atoms with Crippen LogP contribution >= 0.6 is 11.6 Å². The molecule has 6 nitrogen and oxygen atoms in total. The Morgan fingerprint density at radius 2 is 2.23 bits per heavy atom. The van der Waals surface area contributed by atoms with E-state index in [-0.39, 0.29) is 17.3 Å². The van der Waals surface area contributed by atoms with Gasteiger partial charge in [0.1, 0.15) is 17.8 Å². The van der Waals surface area contributed by atoms with Crippen molar-refractivity contribution in [2.75, 3.05) is 11.9 Å². The highest BCUT2D eigenvalue weighted by Gasteiger charge is 2.13. The minimum absolute atomic E-state index is 0.0169. The average molecular weight is 326 g/mol. The summed E-state index contributed by atoms with van der Waals surface area (Å²) in [6, 6.07) is 5.42. The molecule has 0 fully saturated rings. The summed E-state index contributed by atoms with van der Waals surface area (Å²) in [7, 11) is 0. The minimum Gasteiger partial charge on any atom is -0.387 e. The Bertz CT molecular complexity index is 712. The first-order valence-corrected chi connectivity index (χ1v) is 6.74. The number of aromatic nitrogens is 1. The van der Waals surface area contributed by atoms with Crippen LogP contribution in [0.5, 0.6) is 0 Å². The standard InChI is InChI=1S/C14H13ClFN3O3/c1-8-4-10(19(21)22)6-17-14(8)18-7-13(20)9-2-3-11(15)12(16)5-9/h2-6,13,20H,7H2,1H3,(H,17,18). The van der Waals surface area contributed by atoms with E-state index in [1.807, 2.05) is 0 Å². The van der Waals surface area contributed by atoms with Crippen LogP contribution in [0.25, 0.3) is 0 Å². The van der Waals surface area contributed by atoms with Crippen LogP contribution in [-0.2, 0) is 0 Å². The molecule has 2 aromatic rings. The maximum atomic E-state index is 13.3. The van der Waals surface area contributed by atoms with Crippen LogP contribution in [0.3, 0.4) is 0 Å². The second kappa shape index (κ2) is 6.67. The van der Waals surface area contributed by atoms with E-state index in [2.05, 4.69) is 10.3 Å². The molecular weight excluding hydrogens is 313 g/mol. The number of benzene rings is 1. The second-order valence-electron chi connectivity index (χ2n) is 4.69. The predicted octanol–water partition coefficient (Wildman–Crippen LogP) is 3.24.